The van der Waals surface area contributed by atoms with Gasteiger partial charge in [-0.25, -0.2) is 4.98 Å². The zero-order valence-electron chi connectivity index (χ0n) is 8.33. The lowest BCUT2D eigenvalue weighted by Gasteiger charge is -2.18. The number of hydrogen-bond donors (Lipinski definition) is 1. The van der Waals surface area contributed by atoms with Crippen molar-refractivity contribution in [1.82, 2.24) is 14.9 Å². The van der Waals surface area contributed by atoms with Gasteiger partial charge in [0.2, 0.25) is 5.91 Å². The van der Waals surface area contributed by atoms with E-state index in [1.165, 1.54) is 0 Å². The topological polar surface area (TPSA) is 49.0 Å². The van der Waals surface area contributed by atoms with Crippen molar-refractivity contribution >= 4 is 21.8 Å². The maximum Gasteiger partial charge on any atom is 0.236 e. The fraction of sp³-hybridized carbons (Fsp3) is 0.556. The quantitative estimate of drug-likeness (QED) is 0.835. The molecule has 1 heterocycles. The Labute approximate surface area is 91.8 Å². The van der Waals surface area contributed by atoms with Gasteiger partial charge in [0.15, 0.2) is 0 Å². The van der Waals surface area contributed by atoms with E-state index in [0.29, 0.717) is 6.54 Å². The molecule has 1 aromatic rings. The maximum atomic E-state index is 11.6. The molecule has 0 saturated heterocycles. The van der Waals surface area contributed by atoms with Gasteiger partial charge in [-0.05, 0) is 6.42 Å². The van der Waals surface area contributed by atoms with Crippen molar-refractivity contribution < 1.29 is 4.79 Å². The fourth-order valence-corrected chi connectivity index (χ4v) is 1.45. The molecule has 1 aromatic heterocycles. The summed E-state index contributed by atoms with van der Waals surface area (Å²) in [5.41, 5.74) is 0. The van der Waals surface area contributed by atoms with Crippen LogP contribution >= 0.6 is 15.9 Å². The lowest BCUT2D eigenvalue weighted by Crippen LogP contribution is -2.32. The molecule has 1 amide bonds. The highest BCUT2D eigenvalue weighted by molar-refractivity contribution is 9.10. The van der Waals surface area contributed by atoms with E-state index in [0.717, 1.165) is 12.2 Å². The molecule has 0 spiro atoms. The summed E-state index contributed by atoms with van der Waals surface area (Å²) in [5, 5.41) is 0. The van der Waals surface area contributed by atoms with Gasteiger partial charge in [0.05, 0.1) is 11.4 Å². The summed E-state index contributed by atoms with van der Waals surface area (Å²) in [6, 6.07) is 0. The van der Waals surface area contributed by atoms with Gasteiger partial charge in [-0.2, -0.15) is 0 Å². The van der Waals surface area contributed by atoms with Crippen LogP contribution in [0.5, 0.6) is 0 Å². The van der Waals surface area contributed by atoms with Crippen LogP contribution in [0.2, 0.25) is 0 Å². The first-order chi connectivity index (χ1) is 6.65. The second kappa shape index (κ2) is 5.14. The molecular formula is C9H14BrN3O. The standard InChI is InChI=1S/C9H14BrN3O/c1-3-7(10)9(14)13(2)6-8-11-4-5-12-8/h4-5,7H,3,6H2,1-2H3,(H,11,12). The Hall–Kier alpha value is -0.840. The smallest absolute Gasteiger partial charge is 0.236 e. The van der Waals surface area contributed by atoms with Crippen LogP contribution in [-0.4, -0.2) is 32.6 Å². The van der Waals surface area contributed by atoms with Crippen LogP contribution in [0.4, 0.5) is 0 Å². The van der Waals surface area contributed by atoms with Crippen LogP contribution in [0.3, 0.4) is 0 Å². The van der Waals surface area contributed by atoms with Crippen LogP contribution in [0.15, 0.2) is 12.4 Å². The third kappa shape index (κ3) is 2.83. The number of carbonyl (C=O) groups is 1. The van der Waals surface area contributed by atoms with Crippen molar-refractivity contribution in [3.63, 3.8) is 0 Å². The summed E-state index contributed by atoms with van der Waals surface area (Å²) in [4.78, 5) is 20.2. The molecule has 0 bridgehead atoms. The van der Waals surface area contributed by atoms with Crippen molar-refractivity contribution in [2.45, 2.75) is 24.7 Å². The van der Waals surface area contributed by atoms with Gasteiger partial charge in [-0.3, -0.25) is 4.79 Å². The number of H-pyrrole nitrogens is 1. The normalized spacial score (nSPS) is 12.5. The van der Waals surface area contributed by atoms with Crippen LogP contribution in [-0.2, 0) is 11.3 Å². The minimum Gasteiger partial charge on any atom is -0.347 e. The molecule has 14 heavy (non-hydrogen) atoms. The largest absolute Gasteiger partial charge is 0.347 e. The summed E-state index contributed by atoms with van der Waals surface area (Å²) >= 11 is 3.33. The van der Waals surface area contributed by atoms with Gasteiger partial charge in [0, 0.05) is 19.4 Å². The van der Waals surface area contributed by atoms with Crippen molar-refractivity contribution in [2.24, 2.45) is 0 Å². The number of alkyl halides is 1. The highest BCUT2D eigenvalue weighted by atomic mass is 79.9. The number of rotatable bonds is 4. The molecule has 0 aliphatic heterocycles. The predicted molar refractivity (Wildman–Crippen MR) is 58.1 cm³/mol. The number of nitrogens with one attached hydrogen (secondary N) is 1. The first-order valence-electron chi connectivity index (χ1n) is 4.52. The molecular weight excluding hydrogens is 246 g/mol. The summed E-state index contributed by atoms with van der Waals surface area (Å²) in [5.74, 6) is 0.889. The maximum absolute atomic E-state index is 11.6. The van der Waals surface area contributed by atoms with Crippen LogP contribution < -0.4 is 0 Å². The van der Waals surface area contributed by atoms with Crippen molar-refractivity contribution in [3.8, 4) is 0 Å². The molecule has 1 atom stereocenters. The molecule has 0 radical (unpaired) electrons. The van der Waals surface area contributed by atoms with Gasteiger partial charge in [-0.1, -0.05) is 22.9 Å². The Morgan fingerprint density at radius 1 is 1.79 bits per heavy atom. The second-order valence-electron chi connectivity index (χ2n) is 3.11. The van der Waals surface area contributed by atoms with E-state index in [2.05, 4.69) is 25.9 Å². The number of nitrogens with zero attached hydrogens (tertiary/aromatic N) is 2. The second-order valence-corrected chi connectivity index (χ2v) is 4.21. The molecule has 1 rings (SSSR count). The van der Waals surface area contributed by atoms with Gasteiger partial charge in [-0.15, -0.1) is 0 Å². The van der Waals surface area contributed by atoms with Gasteiger partial charge >= 0.3 is 0 Å². The van der Waals surface area contributed by atoms with E-state index >= 15 is 0 Å². The van der Waals surface area contributed by atoms with Crippen LogP contribution in [0.1, 0.15) is 19.2 Å². The molecule has 5 heteroatoms. The Morgan fingerprint density at radius 3 is 3.00 bits per heavy atom. The van der Waals surface area contributed by atoms with Crippen LogP contribution in [0.25, 0.3) is 0 Å². The molecule has 0 aliphatic carbocycles. The lowest BCUT2D eigenvalue weighted by molar-refractivity contribution is -0.129. The minimum absolute atomic E-state index is 0.0869. The van der Waals surface area contributed by atoms with E-state index in [-0.39, 0.29) is 10.7 Å². The number of aromatic nitrogens is 2. The Bertz CT molecular complexity index is 286. The van der Waals surface area contributed by atoms with E-state index in [9.17, 15) is 4.79 Å². The number of aromatic amines is 1. The van der Waals surface area contributed by atoms with Crippen LogP contribution in [0, 0.1) is 0 Å². The van der Waals surface area contributed by atoms with E-state index < -0.39 is 0 Å². The number of hydrogen-bond acceptors (Lipinski definition) is 2. The van der Waals surface area contributed by atoms with E-state index in [1.807, 2.05) is 6.92 Å². The molecule has 0 aromatic carbocycles. The third-order valence-corrected chi connectivity index (χ3v) is 2.98. The van der Waals surface area contributed by atoms with Crippen molar-refractivity contribution in [1.29, 1.82) is 0 Å². The molecule has 1 unspecified atom stereocenters. The summed E-state index contributed by atoms with van der Waals surface area (Å²) in [6.45, 7) is 2.49. The summed E-state index contributed by atoms with van der Waals surface area (Å²) < 4.78 is 0. The summed E-state index contributed by atoms with van der Waals surface area (Å²) in [7, 11) is 1.77. The van der Waals surface area contributed by atoms with Gasteiger partial charge in [0.1, 0.15) is 5.82 Å². The first kappa shape index (κ1) is 11.2. The molecule has 1 N–H and O–H groups in total. The molecule has 0 saturated carbocycles. The SMILES string of the molecule is CCC(Br)C(=O)N(C)Cc1ncc[nH]1. The number of carbonyl (C=O) groups excluding carboxylic acids is 1. The minimum atomic E-state index is -0.0949. The molecule has 4 nitrogen and oxygen atoms in total. The monoisotopic (exact) mass is 259 g/mol. The highest BCUT2D eigenvalue weighted by Gasteiger charge is 2.17. The molecule has 78 valence electrons. The zero-order valence-corrected chi connectivity index (χ0v) is 9.91. The summed E-state index contributed by atoms with van der Waals surface area (Å²) in [6.07, 6.45) is 4.22. The fourth-order valence-electron chi connectivity index (χ4n) is 1.10. The van der Waals surface area contributed by atoms with Gasteiger partial charge in [0.25, 0.3) is 0 Å². The number of imidazole rings is 1. The Balaban J connectivity index is 2.50. The molecule has 0 aliphatic rings. The average molecular weight is 260 g/mol. The Morgan fingerprint density at radius 2 is 2.50 bits per heavy atom. The van der Waals surface area contributed by atoms with E-state index in [4.69, 9.17) is 0 Å². The highest BCUT2D eigenvalue weighted by Crippen LogP contribution is 2.09. The third-order valence-electron chi connectivity index (χ3n) is 1.94. The number of amides is 1. The first-order valence-corrected chi connectivity index (χ1v) is 5.44. The lowest BCUT2D eigenvalue weighted by atomic mass is 10.3. The predicted octanol–water partition coefficient (Wildman–Crippen LogP) is 1.54. The van der Waals surface area contributed by atoms with Gasteiger partial charge < -0.3 is 9.88 Å². The molecule has 0 fully saturated rings. The zero-order chi connectivity index (χ0) is 10.6. The van der Waals surface area contributed by atoms with Crippen molar-refractivity contribution in [3.05, 3.63) is 18.2 Å². The van der Waals surface area contributed by atoms with E-state index in [1.54, 1.807) is 24.3 Å². The Kier molecular flexibility index (Phi) is 4.13. The average Bonchev–Trinajstić information content (AvgIpc) is 2.68. The number of halogens is 1. The van der Waals surface area contributed by atoms with Crippen molar-refractivity contribution in [2.75, 3.05) is 7.05 Å².